The minimum absolute atomic E-state index is 0.289. The van der Waals surface area contributed by atoms with Crippen molar-refractivity contribution in [2.75, 3.05) is 0 Å². The lowest BCUT2D eigenvalue weighted by Gasteiger charge is -1.98. The zero-order valence-electron chi connectivity index (χ0n) is 12.7. The van der Waals surface area contributed by atoms with Gasteiger partial charge in [0.2, 0.25) is 11.7 Å². The second-order valence-electron chi connectivity index (χ2n) is 5.18. The van der Waals surface area contributed by atoms with Crippen LogP contribution in [-0.2, 0) is 5.75 Å². The van der Waals surface area contributed by atoms with Gasteiger partial charge in [-0.05, 0) is 30.7 Å². The van der Waals surface area contributed by atoms with Gasteiger partial charge >= 0.3 is 0 Å². The highest BCUT2D eigenvalue weighted by Gasteiger charge is 2.12. The van der Waals surface area contributed by atoms with Crippen molar-refractivity contribution < 1.29 is 8.91 Å². The molecule has 0 aliphatic heterocycles. The Morgan fingerprint density at radius 1 is 1.21 bits per heavy atom. The molecule has 8 heteroatoms. The summed E-state index contributed by atoms with van der Waals surface area (Å²) in [7, 11) is 0. The van der Waals surface area contributed by atoms with E-state index in [2.05, 4.69) is 20.3 Å². The summed E-state index contributed by atoms with van der Waals surface area (Å²) in [6.45, 7) is 1.71. The van der Waals surface area contributed by atoms with Gasteiger partial charge in [0.15, 0.2) is 10.8 Å². The molecule has 1 aromatic carbocycles. The fourth-order valence-electron chi connectivity index (χ4n) is 2.21. The molecule has 0 bridgehead atoms. The zero-order chi connectivity index (χ0) is 16.5. The van der Waals surface area contributed by atoms with Gasteiger partial charge in [-0.2, -0.15) is 4.98 Å². The molecule has 0 spiro atoms. The minimum atomic E-state index is -0.289. The smallest absolute Gasteiger partial charge is 0.237 e. The topological polar surface area (TPSA) is 69.1 Å². The molecule has 120 valence electrons. The summed E-state index contributed by atoms with van der Waals surface area (Å²) >= 11 is 1.44. The normalized spacial score (nSPS) is 11.2. The Kier molecular flexibility index (Phi) is 3.73. The fraction of sp³-hybridized carbons (Fsp3) is 0.125. The average Bonchev–Trinajstić information content (AvgIpc) is 3.22. The van der Waals surface area contributed by atoms with Gasteiger partial charge in [0.05, 0.1) is 5.75 Å². The van der Waals surface area contributed by atoms with Crippen LogP contribution in [0.15, 0.2) is 52.3 Å². The monoisotopic (exact) mass is 341 g/mol. The summed E-state index contributed by atoms with van der Waals surface area (Å²) in [6, 6.07) is 10.6. The largest absolute Gasteiger partial charge is 0.338 e. The van der Waals surface area contributed by atoms with Gasteiger partial charge in [0.1, 0.15) is 5.82 Å². The molecular weight excluding hydrogens is 329 g/mol. The molecule has 0 aliphatic carbocycles. The first kappa shape index (κ1) is 14.8. The van der Waals surface area contributed by atoms with Crippen LogP contribution < -0.4 is 0 Å². The number of halogens is 1. The van der Waals surface area contributed by atoms with Gasteiger partial charge in [0.25, 0.3) is 0 Å². The molecule has 0 saturated carbocycles. The molecule has 0 saturated heterocycles. The summed E-state index contributed by atoms with van der Waals surface area (Å²) in [5.41, 5.74) is 1.95. The molecule has 0 fully saturated rings. The van der Waals surface area contributed by atoms with Gasteiger partial charge in [0, 0.05) is 11.8 Å². The van der Waals surface area contributed by atoms with Crippen LogP contribution in [0.1, 0.15) is 11.5 Å². The standard InChI is InChI=1S/C16H12FN5OS/c1-10-5-6-11(8-12(10)17)15-18-14(23-21-15)9-24-16-20-19-13-4-2-3-7-22(13)16/h2-8H,9H2,1H3. The van der Waals surface area contributed by atoms with E-state index in [1.807, 2.05) is 28.8 Å². The maximum atomic E-state index is 13.6. The van der Waals surface area contributed by atoms with Crippen LogP contribution in [0.5, 0.6) is 0 Å². The first-order valence-corrected chi connectivity index (χ1v) is 8.21. The predicted octanol–water partition coefficient (Wildman–Crippen LogP) is 3.52. The van der Waals surface area contributed by atoms with Crippen molar-refractivity contribution in [3.05, 3.63) is 59.9 Å². The lowest BCUT2D eigenvalue weighted by atomic mass is 10.1. The number of pyridine rings is 1. The Morgan fingerprint density at radius 2 is 2.12 bits per heavy atom. The van der Waals surface area contributed by atoms with Crippen molar-refractivity contribution in [3.8, 4) is 11.4 Å². The molecule has 0 unspecified atom stereocenters. The summed E-state index contributed by atoms with van der Waals surface area (Å²) < 4.78 is 20.8. The van der Waals surface area contributed by atoms with E-state index in [1.54, 1.807) is 19.1 Å². The molecule has 6 nitrogen and oxygen atoms in total. The number of nitrogens with zero attached hydrogens (tertiary/aromatic N) is 5. The first-order chi connectivity index (χ1) is 11.7. The van der Waals surface area contributed by atoms with Crippen molar-refractivity contribution >= 4 is 17.4 Å². The molecule has 0 radical (unpaired) electrons. The lowest BCUT2D eigenvalue weighted by Crippen LogP contribution is -1.88. The first-order valence-electron chi connectivity index (χ1n) is 7.22. The quantitative estimate of drug-likeness (QED) is 0.529. The number of hydrogen-bond acceptors (Lipinski definition) is 6. The van der Waals surface area contributed by atoms with Crippen molar-refractivity contribution in [2.24, 2.45) is 0 Å². The Labute approximate surface area is 140 Å². The number of benzene rings is 1. The number of thioether (sulfide) groups is 1. The van der Waals surface area contributed by atoms with E-state index in [1.165, 1.54) is 17.8 Å². The van der Waals surface area contributed by atoms with Gasteiger partial charge in [-0.25, -0.2) is 4.39 Å². The molecule has 3 aromatic heterocycles. The van der Waals surface area contributed by atoms with Crippen molar-refractivity contribution in [1.29, 1.82) is 0 Å². The number of aromatic nitrogens is 5. The third kappa shape index (κ3) is 2.76. The number of fused-ring (bicyclic) bond motifs is 1. The highest BCUT2D eigenvalue weighted by Crippen LogP contribution is 2.23. The summed E-state index contributed by atoms with van der Waals surface area (Å²) in [4.78, 5) is 4.31. The lowest BCUT2D eigenvalue weighted by molar-refractivity contribution is 0.391. The van der Waals surface area contributed by atoms with Crippen molar-refractivity contribution in [3.63, 3.8) is 0 Å². The molecule has 0 amide bonds. The molecule has 0 atom stereocenters. The van der Waals surface area contributed by atoms with Gasteiger partial charge in [-0.1, -0.05) is 35.1 Å². The third-order valence-corrected chi connectivity index (χ3v) is 4.43. The maximum absolute atomic E-state index is 13.6. The molecule has 3 heterocycles. The zero-order valence-corrected chi connectivity index (χ0v) is 13.5. The van der Waals surface area contributed by atoms with Crippen LogP contribution in [0.25, 0.3) is 17.0 Å². The number of hydrogen-bond donors (Lipinski definition) is 0. The minimum Gasteiger partial charge on any atom is -0.338 e. The Balaban J connectivity index is 1.52. The second-order valence-corrected chi connectivity index (χ2v) is 6.12. The molecular formula is C16H12FN5OS. The summed E-state index contributed by atoms with van der Waals surface area (Å²) in [5, 5.41) is 12.9. The predicted molar refractivity (Wildman–Crippen MR) is 87.0 cm³/mol. The van der Waals surface area contributed by atoms with Crippen LogP contribution in [0, 0.1) is 12.7 Å². The van der Waals surface area contributed by atoms with E-state index in [0.717, 1.165) is 10.8 Å². The van der Waals surface area contributed by atoms with Crippen molar-refractivity contribution in [1.82, 2.24) is 24.7 Å². The highest BCUT2D eigenvalue weighted by atomic mass is 32.2. The van der Waals surface area contributed by atoms with Crippen LogP contribution in [0.3, 0.4) is 0 Å². The SMILES string of the molecule is Cc1ccc(-c2noc(CSc3nnc4ccccn34)n2)cc1F. The van der Waals surface area contributed by atoms with Gasteiger partial charge in [-0.3, -0.25) is 4.40 Å². The number of rotatable bonds is 4. The highest BCUT2D eigenvalue weighted by molar-refractivity contribution is 7.98. The molecule has 0 N–H and O–H groups in total. The molecule has 24 heavy (non-hydrogen) atoms. The van der Waals surface area contributed by atoms with E-state index in [9.17, 15) is 4.39 Å². The maximum Gasteiger partial charge on any atom is 0.237 e. The Morgan fingerprint density at radius 3 is 3.00 bits per heavy atom. The Bertz CT molecular complexity index is 1010. The second kappa shape index (κ2) is 6.04. The van der Waals surface area contributed by atoms with E-state index in [0.29, 0.717) is 28.6 Å². The fourth-order valence-corrected chi connectivity index (χ4v) is 2.97. The third-order valence-electron chi connectivity index (χ3n) is 3.51. The van der Waals surface area contributed by atoms with Gasteiger partial charge in [-0.15, -0.1) is 10.2 Å². The van der Waals surface area contributed by atoms with Crippen LogP contribution in [0.4, 0.5) is 4.39 Å². The van der Waals surface area contributed by atoms with E-state index >= 15 is 0 Å². The van der Waals surface area contributed by atoms with E-state index in [4.69, 9.17) is 4.52 Å². The Hall–Kier alpha value is -2.74. The van der Waals surface area contributed by atoms with Crippen LogP contribution in [0.2, 0.25) is 0 Å². The molecule has 0 aliphatic rings. The molecule has 4 rings (SSSR count). The summed E-state index contributed by atoms with van der Waals surface area (Å²) in [6.07, 6.45) is 1.89. The average molecular weight is 341 g/mol. The number of aryl methyl sites for hydroxylation is 1. The molecule has 4 aromatic rings. The van der Waals surface area contributed by atoms with Crippen LogP contribution in [-0.4, -0.2) is 24.7 Å². The van der Waals surface area contributed by atoms with Crippen LogP contribution >= 0.6 is 11.8 Å². The summed E-state index contributed by atoms with van der Waals surface area (Å²) in [5.74, 6) is 0.985. The van der Waals surface area contributed by atoms with Crippen molar-refractivity contribution in [2.45, 2.75) is 17.8 Å². The van der Waals surface area contributed by atoms with E-state index in [-0.39, 0.29) is 5.82 Å². The van der Waals surface area contributed by atoms with Gasteiger partial charge < -0.3 is 4.52 Å². The van der Waals surface area contributed by atoms with E-state index < -0.39 is 0 Å².